The second-order valence-corrected chi connectivity index (χ2v) is 6.32. The van der Waals surface area contributed by atoms with E-state index in [0.717, 1.165) is 0 Å². The molecule has 0 atom stereocenters. The summed E-state index contributed by atoms with van der Waals surface area (Å²) in [5.41, 5.74) is 6.63. The Kier molecular flexibility index (Phi) is 4.17. The van der Waals surface area contributed by atoms with Gasteiger partial charge in [0.2, 0.25) is 10.0 Å². The number of sulfonamides is 1. The fraction of sp³-hybridized carbons (Fsp3) is 0.167. The molecule has 2 rings (SSSR count). The highest BCUT2D eigenvalue weighted by Crippen LogP contribution is 2.17. The average Bonchev–Trinajstić information content (AvgIpc) is 2.89. The topological polar surface area (TPSA) is 98.2 Å². The molecule has 0 saturated heterocycles. The van der Waals surface area contributed by atoms with Crippen molar-refractivity contribution < 1.29 is 12.9 Å². The maximum absolute atomic E-state index is 12.3. The molecule has 0 amide bonds. The highest BCUT2D eigenvalue weighted by atomic mass is 32.2. The van der Waals surface area contributed by atoms with Crippen LogP contribution in [-0.4, -0.2) is 18.6 Å². The first-order valence-electron chi connectivity index (χ1n) is 5.70. The molecular formula is C12H13N3O3S2. The van der Waals surface area contributed by atoms with Crippen molar-refractivity contribution in [2.45, 2.75) is 18.4 Å². The Hall–Kier alpha value is -1.77. The summed E-state index contributed by atoms with van der Waals surface area (Å²) in [4.78, 5) is 0.291. The van der Waals surface area contributed by atoms with Crippen LogP contribution in [0.5, 0.6) is 0 Å². The van der Waals surface area contributed by atoms with E-state index in [-0.39, 0.29) is 16.4 Å². The fourth-order valence-corrected chi connectivity index (χ4v) is 3.01. The molecule has 0 fully saturated rings. The molecule has 0 aliphatic rings. The van der Waals surface area contributed by atoms with Crippen LogP contribution in [0.2, 0.25) is 0 Å². The lowest BCUT2D eigenvalue weighted by atomic mass is 10.1. The molecule has 106 valence electrons. The largest absolute Gasteiger partial charge is 0.389 e. The van der Waals surface area contributed by atoms with Crippen LogP contribution in [0.25, 0.3) is 0 Å². The molecule has 6 nitrogen and oxygen atoms in total. The third-order valence-electron chi connectivity index (χ3n) is 2.69. The Labute approximate surface area is 122 Å². The average molecular weight is 311 g/mol. The molecule has 1 heterocycles. The summed E-state index contributed by atoms with van der Waals surface area (Å²) in [6, 6.07) is 6.39. The number of thiocarbonyl (C=S) groups is 1. The van der Waals surface area contributed by atoms with Gasteiger partial charge in [0, 0.05) is 11.6 Å². The van der Waals surface area contributed by atoms with Gasteiger partial charge in [-0.2, -0.15) is 0 Å². The molecule has 1 aromatic carbocycles. The molecule has 8 heteroatoms. The van der Waals surface area contributed by atoms with E-state index in [0.29, 0.717) is 16.9 Å². The van der Waals surface area contributed by atoms with Gasteiger partial charge in [-0.15, -0.1) is 0 Å². The highest BCUT2D eigenvalue weighted by molar-refractivity contribution is 7.89. The predicted octanol–water partition coefficient (Wildman–Crippen LogP) is 1.10. The summed E-state index contributed by atoms with van der Waals surface area (Å²) < 4.78 is 31.8. The van der Waals surface area contributed by atoms with Gasteiger partial charge < -0.3 is 10.3 Å². The number of nitrogens with zero attached hydrogens (tertiary/aromatic N) is 1. The van der Waals surface area contributed by atoms with E-state index >= 15 is 0 Å². The molecular weight excluding hydrogens is 298 g/mol. The number of rotatable bonds is 5. The third-order valence-corrected chi connectivity index (χ3v) is 4.47. The van der Waals surface area contributed by atoms with Crippen LogP contribution in [0.1, 0.15) is 16.9 Å². The standard InChI is InChI=1S/C12H13N3O3S2/c1-8-2-3-9(12(13)19)6-11(8)20(16,17)15-7-10-4-5-14-18-10/h2-6,15H,7H2,1H3,(H2,13,19). The van der Waals surface area contributed by atoms with Gasteiger partial charge in [0.1, 0.15) is 4.99 Å². The van der Waals surface area contributed by atoms with Crippen LogP contribution >= 0.6 is 12.2 Å². The zero-order valence-electron chi connectivity index (χ0n) is 10.7. The molecule has 2 aromatic rings. The maximum atomic E-state index is 12.3. The number of benzene rings is 1. The Morgan fingerprint density at radius 2 is 2.20 bits per heavy atom. The van der Waals surface area contributed by atoms with E-state index in [1.807, 2.05) is 0 Å². The number of hydrogen-bond acceptors (Lipinski definition) is 5. The van der Waals surface area contributed by atoms with Gasteiger partial charge in [0.05, 0.1) is 17.6 Å². The number of aromatic nitrogens is 1. The van der Waals surface area contributed by atoms with Gasteiger partial charge >= 0.3 is 0 Å². The fourth-order valence-electron chi connectivity index (χ4n) is 1.62. The van der Waals surface area contributed by atoms with Crippen molar-refractivity contribution >= 4 is 27.2 Å². The van der Waals surface area contributed by atoms with E-state index in [4.69, 9.17) is 22.5 Å². The van der Waals surface area contributed by atoms with Crippen LogP contribution in [-0.2, 0) is 16.6 Å². The van der Waals surface area contributed by atoms with Crippen molar-refractivity contribution in [3.63, 3.8) is 0 Å². The van der Waals surface area contributed by atoms with Gasteiger partial charge in [-0.3, -0.25) is 0 Å². The summed E-state index contributed by atoms with van der Waals surface area (Å²) in [6.45, 7) is 1.73. The Morgan fingerprint density at radius 3 is 2.80 bits per heavy atom. The maximum Gasteiger partial charge on any atom is 0.241 e. The van der Waals surface area contributed by atoms with E-state index in [1.165, 1.54) is 12.3 Å². The first-order valence-corrected chi connectivity index (χ1v) is 7.59. The normalized spacial score (nSPS) is 11.4. The molecule has 0 saturated carbocycles. The molecule has 0 spiro atoms. The minimum absolute atomic E-state index is 0.0269. The van der Waals surface area contributed by atoms with Crippen molar-refractivity contribution in [2.75, 3.05) is 0 Å². The molecule has 0 bridgehead atoms. The summed E-state index contributed by atoms with van der Waals surface area (Å²) in [5, 5.41) is 3.51. The molecule has 0 aliphatic heterocycles. The van der Waals surface area contributed by atoms with Crippen LogP contribution in [0.15, 0.2) is 39.9 Å². The summed E-state index contributed by atoms with van der Waals surface area (Å²) in [5.74, 6) is 0.428. The van der Waals surface area contributed by atoms with Crippen molar-refractivity contribution in [2.24, 2.45) is 5.73 Å². The van der Waals surface area contributed by atoms with Gasteiger partial charge in [-0.1, -0.05) is 29.5 Å². The Bertz CT molecular complexity index is 724. The van der Waals surface area contributed by atoms with E-state index in [2.05, 4.69) is 9.88 Å². The Morgan fingerprint density at radius 1 is 1.45 bits per heavy atom. The molecule has 0 radical (unpaired) electrons. The van der Waals surface area contributed by atoms with Gasteiger partial charge in [0.25, 0.3) is 0 Å². The zero-order chi connectivity index (χ0) is 14.8. The second-order valence-electron chi connectivity index (χ2n) is 4.15. The monoisotopic (exact) mass is 311 g/mol. The van der Waals surface area contributed by atoms with E-state index < -0.39 is 10.0 Å². The number of nitrogens with two attached hydrogens (primary N) is 1. The smallest absolute Gasteiger partial charge is 0.241 e. The third kappa shape index (κ3) is 3.21. The van der Waals surface area contributed by atoms with Crippen LogP contribution in [0, 0.1) is 6.92 Å². The van der Waals surface area contributed by atoms with Crippen molar-refractivity contribution in [1.82, 2.24) is 9.88 Å². The van der Waals surface area contributed by atoms with Crippen molar-refractivity contribution in [3.8, 4) is 0 Å². The molecule has 0 aliphatic carbocycles. The van der Waals surface area contributed by atoms with E-state index in [1.54, 1.807) is 25.1 Å². The number of nitrogens with one attached hydrogen (secondary N) is 1. The van der Waals surface area contributed by atoms with Crippen molar-refractivity contribution in [1.29, 1.82) is 0 Å². The van der Waals surface area contributed by atoms with Gasteiger partial charge in [-0.05, 0) is 18.6 Å². The highest BCUT2D eigenvalue weighted by Gasteiger charge is 2.18. The van der Waals surface area contributed by atoms with Gasteiger partial charge in [0.15, 0.2) is 5.76 Å². The van der Waals surface area contributed by atoms with Crippen LogP contribution < -0.4 is 10.5 Å². The quantitative estimate of drug-likeness (QED) is 0.802. The minimum Gasteiger partial charge on any atom is -0.389 e. The van der Waals surface area contributed by atoms with E-state index in [9.17, 15) is 8.42 Å². The second kappa shape index (κ2) is 5.70. The first-order chi connectivity index (χ1) is 9.40. The summed E-state index contributed by atoms with van der Waals surface area (Å²) in [6.07, 6.45) is 1.45. The number of hydrogen-bond donors (Lipinski definition) is 2. The minimum atomic E-state index is -3.68. The first kappa shape index (κ1) is 14.6. The van der Waals surface area contributed by atoms with Crippen molar-refractivity contribution in [3.05, 3.63) is 47.3 Å². The summed E-state index contributed by atoms with van der Waals surface area (Å²) >= 11 is 4.86. The van der Waals surface area contributed by atoms with Gasteiger partial charge in [-0.25, -0.2) is 13.1 Å². The lowest BCUT2D eigenvalue weighted by Crippen LogP contribution is -2.24. The summed E-state index contributed by atoms with van der Waals surface area (Å²) in [7, 11) is -3.68. The predicted molar refractivity (Wildman–Crippen MR) is 77.6 cm³/mol. The molecule has 0 unspecified atom stereocenters. The zero-order valence-corrected chi connectivity index (χ0v) is 12.3. The molecule has 1 aromatic heterocycles. The molecule has 20 heavy (non-hydrogen) atoms. The lowest BCUT2D eigenvalue weighted by Gasteiger charge is -2.10. The lowest BCUT2D eigenvalue weighted by molar-refractivity contribution is 0.380. The molecule has 3 N–H and O–H groups in total. The van der Waals surface area contributed by atoms with Crippen LogP contribution in [0.3, 0.4) is 0 Å². The van der Waals surface area contributed by atoms with Crippen LogP contribution in [0.4, 0.5) is 0 Å². The SMILES string of the molecule is Cc1ccc(C(N)=S)cc1S(=O)(=O)NCc1ccno1. The Balaban J connectivity index is 2.28. The number of aryl methyl sites for hydroxylation is 1.